The highest BCUT2D eigenvalue weighted by Gasteiger charge is 2.19. The molecule has 0 saturated heterocycles. The molecular formula is C16H16F2O2. The van der Waals surface area contributed by atoms with Crippen LogP contribution in [0, 0.1) is 11.6 Å². The maximum atomic E-state index is 13.7. The van der Waals surface area contributed by atoms with Gasteiger partial charge < -0.3 is 9.84 Å². The number of aliphatic hydroxyl groups excluding tert-OH is 1. The van der Waals surface area contributed by atoms with Crippen LogP contribution in [0.1, 0.15) is 30.6 Å². The van der Waals surface area contributed by atoms with E-state index in [0.29, 0.717) is 17.9 Å². The molecule has 1 unspecified atom stereocenters. The molecule has 4 heteroatoms. The van der Waals surface area contributed by atoms with Crippen molar-refractivity contribution in [3.05, 3.63) is 65.2 Å². The normalized spacial score (nSPS) is 12.2. The molecule has 0 radical (unpaired) electrons. The summed E-state index contributed by atoms with van der Waals surface area (Å²) in [6, 6.07) is 9.84. The highest BCUT2D eigenvalue weighted by molar-refractivity contribution is 5.40. The molecular weight excluding hydrogens is 262 g/mol. The van der Waals surface area contributed by atoms with Crippen LogP contribution in [-0.4, -0.2) is 11.7 Å². The first-order valence-corrected chi connectivity index (χ1v) is 6.48. The molecule has 0 aliphatic heterocycles. The van der Waals surface area contributed by atoms with Crippen LogP contribution < -0.4 is 4.74 Å². The van der Waals surface area contributed by atoms with Gasteiger partial charge in [-0.1, -0.05) is 25.1 Å². The van der Waals surface area contributed by atoms with Gasteiger partial charge in [0, 0.05) is 11.1 Å². The lowest BCUT2D eigenvalue weighted by atomic mass is 10.00. The zero-order valence-corrected chi connectivity index (χ0v) is 11.1. The number of ether oxygens (including phenoxy) is 1. The van der Waals surface area contributed by atoms with E-state index >= 15 is 0 Å². The molecule has 0 aliphatic rings. The summed E-state index contributed by atoms with van der Waals surface area (Å²) in [5.74, 6) is -0.762. The van der Waals surface area contributed by atoms with Crippen molar-refractivity contribution in [2.24, 2.45) is 0 Å². The molecule has 2 aromatic rings. The Morgan fingerprint density at radius 2 is 1.85 bits per heavy atom. The average Bonchev–Trinajstić information content (AvgIpc) is 2.47. The number of rotatable bonds is 5. The SMILES string of the molecule is CCCOc1ccccc1C(O)c1cc(F)ccc1F. The number of benzene rings is 2. The Morgan fingerprint density at radius 1 is 1.10 bits per heavy atom. The van der Waals surface area contributed by atoms with Gasteiger partial charge in [-0.15, -0.1) is 0 Å². The Kier molecular flexibility index (Phi) is 4.69. The first-order valence-electron chi connectivity index (χ1n) is 6.48. The predicted octanol–water partition coefficient (Wildman–Crippen LogP) is 3.84. The lowest BCUT2D eigenvalue weighted by molar-refractivity contribution is 0.205. The van der Waals surface area contributed by atoms with Gasteiger partial charge in [0.1, 0.15) is 23.5 Å². The molecule has 0 saturated carbocycles. The molecule has 1 N–H and O–H groups in total. The minimum absolute atomic E-state index is 0.0995. The average molecular weight is 278 g/mol. The summed E-state index contributed by atoms with van der Waals surface area (Å²) in [7, 11) is 0. The van der Waals surface area contributed by atoms with Crippen LogP contribution in [0.5, 0.6) is 5.75 Å². The van der Waals surface area contributed by atoms with Crippen molar-refractivity contribution in [1.82, 2.24) is 0 Å². The van der Waals surface area contributed by atoms with Crippen LogP contribution in [-0.2, 0) is 0 Å². The standard InChI is InChI=1S/C16H16F2O2/c1-2-9-20-15-6-4-3-5-12(15)16(19)13-10-11(17)7-8-14(13)18/h3-8,10,16,19H,2,9H2,1H3. The van der Waals surface area contributed by atoms with Crippen molar-refractivity contribution in [3.63, 3.8) is 0 Å². The lowest BCUT2D eigenvalue weighted by Gasteiger charge is -2.17. The van der Waals surface area contributed by atoms with E-state index in [1.807, 2.05) is 6.92 Å². The highest BCUT2D eigenvalue weighted by Crippen LogP contribution is 2.31. The first-order chi connectivity index (χ1) is 9.63. The molecule has 2 rings (SSSR count). The van der Waals surface area contributed by atoms with Gasteiger partial charge >= 0.3 is 0 Å². The van der Waals surface area contributed by atoms with E-state index in [1.54, 1.807) is 24.3 Å². The summed E-state index contributed by atoms with van der Waals surface area (Å²) in [6.07, 6.45) is -0.447. The Morgan fingerprint density at radius 3 is 2.60 bits per heavy atom. The third kappa shape index (κ3) is 3.14. The second-order valence-corrected chi connectivity index (χ2v) is 4.45. The minimum Gasteiger partial charge on any atom is -0.493 e. The molecule has 20 heavy (non-hydrogen) atoms. The molecule has 0 heterocycles. The van der Waals surface area contributed by atoms with Crippen LogP contribution in [0.3, 0.4) is 0 Å². The first kappa shape index (κ1) is 14.5. The fraction of sp³-hybridized carbons (Fsp3) is 0.250. The largest absolute Gasteiger partial charge is 0.493 e. The summed E-state index contributed by atoms with van der Waals surface area (Å²) in [4.78, 5) is 0. The summed E-state index contributed by atoms with van der Waals surface area (Å²) in [5, 5.41) is 10.3. The van der Waals surface area contributed by atoms with Crippen LogP contribution in [0.25, 0.3) is 0 Å². The van der Waals surface area contributed by atoms with Crippen molar-refractivity contribution in [3.8, 4) is 5.75 Å². The van der Waals surface area contributed by atoms with Gasteiger partial charge in [-0.2, -0.15) is 0 Å². The van der Waals surface area contributed by atoms with E-state index < -0.39 is 17.7 Å². The van der Waals surface area contributed by atoms with Crippen molar-refractivity contribution in [2.45, 2.75) is 19.4 Å². The Bertz CT molecular complexity index is 584. The smallest absolute Gasteiger partial charge is 0.129 e. The van der Waals surface area contributed by atoms with E-state index in [-0.39, 0.29) is 5.56 Å². The zero-order valence-electron chi connectivity index (χ0n) is 11.1. The molecule has 0 aromatic heterocycles. The molecule has 106 valence electrons. The Hall–Kier alpha value is -1.94. The molecule has 0 amide bonds. The maximum absolute atomic E-state index is 13.7. The van der Waals surface area contributed by atoms with E-state index in [4.69, 9.17) is 4.74 Å². The highest BCUT2D eigenvalue weighted by atomic mass is 19.1. The van der Waals surface area contributed by atoms with Crippen molar-refractivity contribution < 1.29 is 18.6 Å². The Labute approximate surface area is 116 Å². The topological polar surface area (TPSA) is 29.5 Å². The summed E-state index contributed by atoms with van der Waals surface area (Å²) >= 11 is 0. The molecule has 0 bridgehead atoms. The lowest BCUT2D eigenvalue weighted by Crippen LogP contribution is -2.07. The van der Waals surface area contributed by atoms with Gasteiger partial charge in [-0.05, 0) is 30.7 Å². The van der Waals surface area contributed by atoms with Crippen molar-refractivity contribution in [1.29, 1.82) is 0 Å². The molecule has 2 nitrogen and oxygen atoms in total. The van der Waals surface area contributed by atoms with Crippen LogP contribution in [0.4, 0.5) is 8.78 Å². The second kappa shape index (κ2) is 6.48. The number of hydrogen-bond acceptors (Lipinski definition) is 2. The maximum Gasteiger partial charge on any atom is 0.129 e. The summed E-state index contributed by atoms with van der Waals surface area (Å²) in [6.45, 7) is 2.46. The molecule has 0 fully saturated rings. The molecule has 1 atom stereocenters. The number of hydrogen-bond donors (Lipinski definition) is 1. The minimum atomic E-state index is -1.27. The summed E-state index contributed by atoms with van der Waals surface area (Å²) in [5.41, 5.74) is 0.322. The van der Waals surface area contributed by atoms with E-state index in [2.05, 4.69) is 0 Å². The van der Waals surface area contributed by atoms with Crippen molar-refractivity contribution in [2.75, 3.05) is 6.61 Å². The van der Waals surface area contributed by atoms with Gasteiger partial charge in [-0.25, -0.2) is 8.78 Å². The van der Waals surface area contributed by atoms with Gasteiger partial charge in [0.15, 0.2) is 0 Å². The van der Waals surface area contributed by atoms with Gasteiger partial charge in [0.25, 0.3) is 0 Å². The van der Waals surface area contributed by atoms with Gasteiger partial charge in [0.2, 0.25) is 0 Å². The number of para-hydroxylation sites is 1. The number of aliphatic hydroxyl groups is 1. The summed E-state index contributed by atoms with van der Waals surface area (Å²) < 4.78 is 32.5. The number of halogens is 2. The van der Waals surface area contributed by atoms with Gasteiger partial charge in [0.05, 0.1) is 6.61 Å². The van der Waals surface area contributed by atoms with E-state index in [1.165, 1.54) is 0 Å². The van der Waals surface area contributed by atoms with Crippen LogP contribution in [0.15, 0.2) is 42.5 Å². The fourth-order valence-corrected chi connectivity index (χ4v) is 1.94. The van der Waals surface area contributed by atoms with E-state index in [0.717, 1.165) is 24.6 Å². The molecule has 0 aliphatic carbocycles. The fourth-order valence-electron chi connectivity index (χ4n) is 1.94. The van der Waals surface area contributed by atoms with E-state index in [9.17, 15) is 13.9 Å². The third-order valence-corrected chi connectivity index (χ3v) is 2.93. The predicted molar refractivity (Wildman–Crippen MR) is 72.6 cm³/mol. The quantitative estimate of drug-likeness (QED) is 0.900. The molecule has 2 aromatic carbocycles. The zero-order chi connectivity index (χ0) is 14.5. The third-order valence-electron chi connectivity index (χ3n) is 2.93. The second-order valence-electron chi connectivity index (χ2n) is 4.45. The Balaban J connectivity index is 2.37. The van der Waals surface area contributed by atoms with Gasteiger partial charge in [-0.3, -0.25) is 0 Å². The monoisotopic (exact) mass is 278 g/mol. The van der Waals surface area contributed by atoms with Crippen molar-refractivity contribution >= 4 is 0 Å². The van der Waals surface area contributed by atoms with Crippen LogP contribution >= 0.6 is 0 Å². The van der Waals surface area contributed by atoms with Crippen LogP contribution in [0.2, 0.25) is 0 Å². The molecule has 0 spiro atoms.